The summed E-state index contributed by atoms with van der Waals surface area (Å²) in [6.45, 7) is 2.00. The number of ether oxygens (including phenoxy) is 1. The molecule has 1 amide bonds. The van der Waals surface area contributed by atoms with Crippen LogP contribution in [0.3, 0.4) is 0 Å². The second-order valence-electron chi connectivity index (χ2n) is 6.22. The monoisotopic (exact) mass is 368 g/mol. The van der Waals surface area contributed by atoms with Crippen molar-refractivity contribution in [1.29, 1.82) is 0 Å². The first-order valence-corrected chi connectivity index (χ1v) is 8.69. The highest BCUT2D eigenvalue weighted by Crippen LogP contribution is 2.25. The minimum atomic E-state index is -1.04. The Labute approximate surface area is 150 Å². The minimum Gasteiger partial charge on any atom is -0.449 e. The smallest absolute Gasteiger partial charge is 0.345 e. The van der Waals surface area contributed by atoms with E-state index in [9.17, 15) is 19.7 Å². The predicted molar refractivity (Wildman–Crippen MR) is 92.6 cm³/mol. The van der Waals surface area contributed by atoms with E-state index < -0.39 is 28.6 Å². The second-order valence-corrected chi connectivity index (χ2v) is 6.65. The molecule has 1 N–H and O–H groups in total. The van der Waals surface area contributed by atoms with Crippen LogP contribution in [0.5, 0.6) is 0 Å². The van der Waals surface area contributed by atoms with Crippen LogP contribution in [0.1, 0.15) is 49.4 Å². The first-order valence-electron chi connectivity index (χ1n) is 8.31. The number of nitrogens with one attached hydrogen (secondary N) is 1. The molecule has 7 nitrogen and oxygen atoms in total. The van der Waals surface area contributed by atoms with E-state index in [2.05, 4.69) is 5.32 Å². The van der Waals surface area contributed by atoms with E-state index in [1.807, 2.05) is 0 Å². The molecule has 0 spiro atoms. The van der Waals surface area contributed by atoms with Crippen molar-refractivity contribution in [1.82, 2.24) is 5.32 Å². The third kappa shape index (κ3) is 5.42. The molecule has 136 valence electrons. The first-order chi connectivity index (χ1) is 11.9. The van der Waals surface area contributed by atoms with Crippen molar-refractivity contribution in [3.63, 3.8) is 0 Å². The van der Waals surface area contributed by atoms with E-state index in [0.717, 1.165) is 18.9 Å². The molecule has 0 saturated heterocycles. The molecule has 1 aromatic rings. The Bertz CT molecular complexity index is 658. The summed E-state index contributed by atoms with van der Waals surface area (Å²) in [5.74, 6) is -0.878. The molecule has 0 aromatic heterocycles. The lowest BCUT2D eigenvalue weighted by atomic mass is 9.89. The molecule has 1 aliphatic rings. The average molecular weight is 369 g/mol. The Balaban J connectivity index is 1.93. The summed E-state index contributed by atoms with van der Waals surface area (Å²) < 4.78 is 5.07. The number of carbonyl (C=O) groups is 2. The zero-order valence-corrected chi connectivity index (χ0v) is 14.8. The van der Waals surface area contributed by atoms with E-state index in [4.69, 9.17) is 16.3 Å². The molecular formula is C17H21ClN2O5. The van der Waals surface area contributed by atoms with Gasteiger partial charge in [-0.25, -0.2) is 4.79 Å². The standard InChI is InChI=1S/C17H21ClN2O5/c1-11(16(21)19-10-12-5-3-2-4-6-12)25-17(22)14-8-7-13(18)9-15(14)20(23)24/h7-9,11-12H,2-6,10H2,1H3,(H,19,21). The van der Waals surface area contributed by atoms with Gasteiger partial charge in [0.15, 0.2) is 6.10 Å². The van der Waals surface area contributed by atoms with E-state index >= 15 is 0 Å². The van der Waals surface area contributed by atoms with Gasteiger partial charge >= 0.3 is 5.97 Å². The Hall–Kier alpha value is -2.15. The number of carbonyl (C=O) groups excluding carboxylic acids is 2. The van der Waals surface area contributed by atoms with Gasteiger partial charge in [0.05, 0.1) is 4.92 Å². The predicted octanol–water partition coefficient (Wildman–Crippen LogP) is 3.49. The van der Waals surface area contributed by atoms with Gasteiger partial charge in [-0.1, -0.05) is 30.9 Å². The number of amides is 1. The fourth-order valence-corrected chi connectivity index (χ4v) is 3.05. The summed E-state index contributed by atoms with van der Waals surface area (Å²) in [6.07, 6.45) is 4.72. The van der Waals surface area contributed by atoms with Crippen molar-refractivity contribution in [2.45, 2.75) is 45.1 Å². The van der Waals surface area contributed by atoms with E-state index in [0.29, 0.717) is 12.5 Å². The largest absolute Gasteiger partial charge is 0.449 e. The lowest BCUT2D eigenvalue weighted by molar-refractivity contribution is -0.385. The average Bonchev–Trinajstić information content (AvgIpc) is 2.60. The molecule has 0 radical (unpaired) electrons. The highest BCUT2D eigenvalue weighted by atomic mass is 35.5. The van der Waals surface area contributed by atoms with E-state index in [1.165, 1.54) is 38.3 Å². The summed E-state index contributed by atoms with van der Waals surface area (Å²) in [5, 5.41) is 14.0. The number of rotatable bonds is 6. The molecule has 1 aromatic carbocycles. The van der Waals surface area contributed by atoms with Crippen molar-refractivity contribution in [2.24, 2.45) is 5.92 Å². The van der Waals surface area contributed by atoms with Crippen LogP contribution in [-0.2, 0) is 9.53 Å². The zero-order chi connectivity index (χ0) is 18.4. The Kier molecular flexibility index (Phi) is 6.75. The summed E-state index contributed by atoms with van der Waals surface area (Å²) in [7, 11) is 0. The summed E-state index contributed by atoms with van der Waals surface area (Å²) in [4.78, 5) is 34.6. The number of nitro groups is 1. The fraction of sp³-hybridized carbons (Fsp3) is 0.529. The molecule has 1 saturated carbocycles. The second kappa shape index (κ2) is 8.80. The van der Waals surface area contributed by atoms with Crippen LogP contribution >= 0.6 is 11.6 Å². The Morgan fingerprint density at radius 3 is 2.68 bits per heavy atom. The summed E-state index contributed by atoms with van der Waals surface area (Å²) in [6, 6.07) is 3.65. The number of hydrogen-bond acceptors (Lipinski definition) is 5. The van der Waals surface area contributed by atoms with Crippen molar-refractivity contribution in [3.8, 4) is 0 Å². The van der Waals surface area contributed by atoms with Gasteiger partial charge in [0.25, 0.3) is 11.6 Å². The molecule has 25 heavy (non-hydrogen) atoms. The van der Waals surface area contributed by atoms with Gasteiger partial charge in [-0.05, 0) is 37.8 Å². The van der Waals surface area contributed by atoms with Gasteiger partial charge in [-0.15, -0.1) is 0 Å². The quantitative estimate of drug-likeness (QED) is 0.470. The minimum absolute atomic E-state index is 0.140. The number of nitrogens with zero attached hydrogens (tertiary/aromatic N) is 1. The topological polar surface area (TPSA) is 98.5 Å². The molecular weight excluding hydrogens is 348 g/mol. The number of benzene rings is 1. The SMILES string of the molecule is CC(OC(=O)c1ccc(Cl)cc1[N+](=O)[O-])C(=O)NCC1CCCCC1. The van der Waals surface area contributed by atoms with Crippen LogP contribution in [0.15, 0.2) is 18.2 Å². The van der Waals surface area contributed by atoms with Crippen molar-refractivity contribution < 1.29 is 19.2 Å². The van der Waals surface area contributed by atoms with Gasteiger partial charge in [-0.2, -0.15) is 0 Å². The van der Waals surface area contributed by atoms with Gasteiger partial charge in [-0.3, -0.25) is 14.9 Å². The van der Waals surface area contributed by atoms with Gasteiger partial charge < -0.3 is 10.1 Å². The Morgan fingerprint density at radius 2 is 2.04 bits per heavy atom. The third-order valence-electron chi connectivity index (χ3n) is 4.32. The van der Waals surface area contributed by atoms with Gasteiger partial charge in [0.2, 0.25) is 0 Å². The number of hydrogen-bond donors (Lipinski definition) is 1. The molecule has 1 atom stereocenters. The van der Waals surface area contributed by atoms with Crippen LogP contribution in [0.4, 0.5) is 5.69 Å². The molecule has 1 fully saturated rings. The maximum absolute atomic E-state index is 12.2. The maximum atomic E-state index is 12.2. The molecule has 0 bridgehead atoms. The van der Waals surface area contributed by atoms with E-state index in [-0.39, 0.29) is 10.6 Å². The Morgan fingerprint density at radius 1 is 1.36 bits per heavy atom. The summed E-state index contributed by atoms with van der Waals surface area (Å²) >= 11 is 5.72. The van der Waals surface area contributed by atoms with E-state index in [1.54, 1.807) is 0 Å². The number of halogens is 1. The van der Waals surface area contributed by atoms with Crippen LogP contribution in [-0.4, -0.2) is 29.4 Å². The van der Waals surface area contributed by atoms with Crippen molar-refractivity contribution in [3.05, 3.63) is 38.9 Å². The van der Waals surface area contributed by atoms with Crippen molar-refractivity contribution >= 4 is 29.2 Å². The van der Waals surface area contributed by atoms with Crippen LogP contribution in [0.2, 0.25) is 5.02 Å². The van der Waals surface area contributed by atoms with Crippen LogP contribution < -0.4 is 5.32 Å². The maximum Gasteiger partial charge on any atom is 0.345 e. The number of esters is 1. The van der Waals surface area contributed by atoms with Gasteiger partial charge in [0, 0.05) is 17.6 Å². The van der Waals surface area contributed by atoms with Crippen LogP contribution in [0, 0.1) is 16.0 Å². The lowest BCUT2D eigenvalue weighted by Gasteiger charge is -2.22. The fourth-order valence-electron chi connectivity index (χ4n) is 2.89. The molecule has 2 rings (SSSR count). The molecule has 0 heterocycles. The molecule has 1 aliphatic carbocycles. The van der Waals surface area contributed by atoms with Crippen LogP contribution in [0.25, 0.3) is 0 Å². The lowest BCUT2D eigenvalue weighted by Crippen LogP contribution is -2.38. The normalized spacial score (nSPS) is 16.1. The highest BCUT2D eigenvalue weighted by molar-refractivity contribution is 6.31. The van der Waals surface area contributed by atoms with Gasteiger partial charge in [0.1, 0.15) is 5.56 Å². The zero-order valence-electron chi connectivity index (χ0n) is 14.0. The highest BCUT2D eigenvalue weighted by Gasteiger charge is 2.26. The summed E-state index contributed by atoms with van der Waals surface area (Å²) in [5.41, 5.74) is -0.686. The molecule has 1 unspecified atom stereocenters. The number of nitro benzene ring substituents is 1. The van der Waals surface area contributed by atoms with Crippen molar-refractivity contribution in [2.75, 3.05) is 6.54 Å². The first kappa shape index (κ1) is 19.2. The molecule has 8 heteroatoms. The third-order valence-corrected chi connectivity index (χ3v) is 4.55. The molecule has 0 aliphatic heterocycles.